The average Bonchev–Trinajstić information content (AvgIpc) is 3.01. The average molecular weight is 407 g/mol. The number of pyridine rings is 1. The number of para-hydroxylation sites is 1. The number of amides is 3. The molecule has 3 aromatic rings. The first kappa shape index (κ1) is 19.4. The monoisotopic (exact) mass is 407 g/mol. The molecule has 152 valence electrons. The zero-order valence-corrected chi connectivity index (χ0v) is 16.0. The number of carbonyl (C=O) groups is 2. The molecule has 3 amide bonds. The van der Waals surface area contributed by atoms with Crippen LogP contribution in [0.4, 0.5) is 9.18 Å². The van der Waals surface area contributed by atoms with Gasteiger partial charge in [-0.15, -0.1) is 0 Å². The van der Waals surface area contributed by atoms with E-state index >= 15 is 0 Å². The Hall–Kier alpha value is -3.94. The van der Waals surface area contributed by atoms with Gasteiger partial charge in [0.2, 0.25) is 0 Å². The summed E-state index contributed by atoms with van der Waals surface area (Å²) in [4.78, 5) is 37.1. The summed E-state index contributed by atoms with van der Waals surface area (Å²) in [5, 5.41) is 4.88. The Labute approximate surface area is 171 Å². The van der Waals surface area contributed by atoms with Gasteiger partial charge in [-0.1, -0.05) is 30.3 Å². The number of nitrogens with one attached hydrogen (secondary N) is 2. The van der Waals surface area contributed by atoms with Gasteiger partial charge in [-0.05, 0) is 42.8 Å². The number of halogens is 1. The molecule has 1 fully saturated rings. The Kier molecular flexibility index (Phi) is 4.83. The van der Waals surface area contributed by atoms with Crippen LogP contribution in [-0.4, -0.2) is 16.5 Å². The lowest BCUT2D eigenvalue weighted by Crippen LogP contribution is -2.49. The molecule has 1 aliphatic rings. The van der Waals surface area contributed by atoms with Crippen LogP contribution in [0.15, 0.2) is 71.7 Å². The number of urea groups is 1. The van der Waals surface area contributed by atoms with Crippen molar-refractivity contribution in [1.29, 1.82) is 0 Å². The Bertz CT molecular complexity index is 1190. The molecule has 2 aromatic carbocycles. The van der Waals surface area contributed by atoms with E-state index in [1.165, 1.54) is 16.7 Å². The van der Waals surface area contributed by atoms with Crippen molar-refractivity contribution >= 4 is 11.9 Å². The molecule has 0 radical (unpaired) electrons. The fourth-order valence-electron chi connectivity index (χ4n) is 3.40. The number of hydrogen-bond donors (Lipinski definition) is 2. The first-order valence-corrected chi connectivity index (χ1v) is 9.22. The minimum absolute atomic E-state index is 0.0678. The zero-order valence-electron chi connectivity index (χ0n) is 16.0. The predicted molar refractivity (Wildman–Crippen MR) is 107 cm³/mol. The molecule has 1 unspecified atom stereocenters. The number of aryl methyl sites for hydroxylation is 1. The first-order valence-electron chi connectivity index (χ1n) is 9.22. The Morgan fingerprint density at radius 2 is 1.73 bits per heavy atom. The second-order valence-corrected chi connectivity index (χ2v) is 6.99. The van der Waals surface area contributed by atoms with Gasteiger partial charge < -0.3 is 14.6 Å². The maximum atomic E-state index is 13.8. The third kappa shape index (κ3) is 3.43. The van der Waals surface area contributed by atoms with Gasteiger partial charge in [-0.2, -0.15) is 0 Å². The van der Waals surface area contributed by atoms with Crippen LogP contribution < -0.4 is 20.9 Å². The van der Waals surface area contributed by atoms with Crippen molar-refractivity contribution in [3.63, 3.8) is 0 Å². The summed E-state index contributed by atoms with van der Waals surface area (Å²) in [6.45, 7) is 1.59. The number of benzene rings is 2. The van der Waals surface area contributed by atoms with Crippen molar-refractivity contribution in [3.05, 3.63) is 94.2 Å². The Morgan fingerprint density at radius 1 is 1.00 bits per heavy atom. The highest BCUT2D eigenvalue weighted by Gasteiger charge is 2.48. The van der Waals surface area contributed by atoms with Gasteiger partial charge in [0.1, 0.15) is 5.75 Å². The lowest BCUT2D eigenvalue weighted by molar-refractivity contribution is -0.124. The third-order valence-corrected chi connectivity index (χ3v) is 4.97. The molecular formula is C22H18FN3O4. The summed E-state index contributed by atoms with van der Waals surface area (Å²) in [5.74, 6) is -0.641. The van der Waals surface area contributed by atoms with Gasteiger partial charge in [-0.25, -0.2) is 9.18 Å². The van der Waals surface area contributed by atoms with E-state index in [1.807, 2.05) is 0 Å². The molecule has 0 saturated carbocycles. The van der Waals surface area contributed by atoms with E-state index in [0.717, 1.165) is 0 Å². The van der Waals surface area contributed by atoms with Crippen LogP contribution in [0.2, 0.25) is 0 Å². The molecule has 7 nitrogen and oxygen atoms in total. The lowest BCUT2D eigenvalue weighted by atomic mass is 9.89. The van der Waals surface area contributed by atoms with Gasteiger partial charge in [0, 0.05) is 11.8 Å². The first-order chi connectivity index (χ1) is 14.4. The SMILES string of the molecule is Cc1cccn(CC2(c3ccc(Oc4ccccc4F)cc3)NC(=O)NC2=O)c1=O. The van der Waals surface area contributed by atoms with Crippen LogP contribution in [0.3, 0.4) is 0 Å². The highest BCUT2D eigenvalue weighted by atomic mass is 19.1. The molecule has 1 atom stereocenters. The van der Waals surface area contributed by atoms with Crippen molar-refractivity contribution in [2.45, 2.75) is 19.0 Å². The fourth-order valence-corrected chi connectivity index (χ4v) is 3.40. The summed E-state index contributed by atoms with van der Waals surface area (Å²) in [5.41, 5.74) is -0.748. The van der Waals surface area contributed by atoms with E-state index in [9.17, 15) is 18.8 Å². The quantitative estimate of drug-likeness (QED) is 0.637. The largest absolute Gasteiger partial charge is 0.454 e. The molecule has 4 rings (SSSR count). The maximum Gasteiger partial charge on any atom is 0.322 e. The van der Waals surface area contributed by atoms with Gasteiger partial charge in [-0.3, -0.25) is 14.9 Å². The molecule has 1 saturated heterocycles. The van der Waals surface area contributed by atoms with Crippen molar-refractivity contribution in [2.75, 3.05) is 0 Å². The summed E-state index contributed by atoms with van der Waals surface area (Å²) in [6, 6.07) is 15.1. The van der Waals surface area contributed by atoms with Crippen molar-refractivity contribution in [3.8, 4) is 11.5 Å². The second-order valence-electron chi connectivity index (χ2n) is 6.99. The van der Waals surface area contributed by atoms with Crippen LogP contribution in [0.25, 0.3) is 0 Å². The maximum absolute atomic E-state index is 13.8. The molecule has 2 N–H and O–H groups in total. The van der Waals surface area contributed by atoms with Gasteiger partial charge >= 0.3 is 6.03 Å². The van der Waals surface area contributed by atoms with E-state index in [0.29, 0.717) is 16.9 Å². The smallest absolute Gasteiger partial charge is 0.322 e. The second kappa shape index (κ2) is 7.47. The summed E-state index contributed by atoms with van der Waals surface area (Å²) < 4.78 is 20.7. The standard InChI is InChI=1S/C22H18FN3O4/c1-14-5-4-12-26(19(14)27)13-22(20(28)24-21(29)25-22)15-8-10-16(11-9-15)30-18-7-3-2-6-17(18)23/h2-12H,13H2,1H3,(H2,24,25,28,29). The molecule has 8 heteroatoms. The molecule has 1 aliphatic heterocycles. The van der Waals surface area contributed by atoms with E-state index < -0.39 is 23.3 Å². The van der Waals surface area contributed by atoms with E-state index in [-0.39, 0.29) is 17.9 Å². The number of nitrogens with zero attached hydrogens (tertiary/aromatic N) is 1. The normalized spacial score (nSPS) is 18.1. The number of hydrogen-bond acceptors (Lipinski definition) is 4. The van der Waals surface area contributed by atoms with E-state index in [2.05, 4.69) is 10.6 Å². The Morgan fingerprint density at radius 3 is 2.40 bits per heavy atom. The molecule has 30 heavy (non-hydrogen) atoms. The van der Waals surface area contributed by atoms with E-state index in [1.54, 1.807) is 61.7 Å². The minimum Gasteiger partial charge on any atom is -0.454 e. The van der Waals surface area contributed by atoms with Crippen LogP contribution in [-0.2, 0) is 16.9 Å². The highest BCUT2D eigenvalue weighted by Crippen LogP contribution is 2.30. The van der Waals surface area contributed by atoms with Gasteiger partial charge in [0.25, 0.3) is 11.5 Å². The molecule has 2 heterocycles. The van der Waals surface area contributed by atoms with Crippen LogP contribution in [0.1, 0.15) is 11.1 Å². The number of carbonyl (C=O) groups excluding carboxylic acids is 2. The van der Waals surface area contributed by atoms with E-state index in [4.69, 9.17) is 4.74 Å². The van der Waals surface area contributed by atoms with Crippen LogP contribution in [0, 0.1) is 12.7 Å². The lowest BCUT2D eigenvalue weighted by Gasteiger charge is -2.27. The molecule has 0 spiro atoms. The zero-order chi connectivity index (χ0) is 21.3. The molecule has 1 aromatic heterocycles. The molecular weight excluding hydrogens is 389 g/mol. The number of aromatic nitrogens is 1. The molecule has 0 bridgehead atoms. The third-order valence-electron chi connectivity index (χ3n) is 4.97. The van der Waals surface area contributed by atoms with Crippen molar-refractivity contribution in [2.24, 2.45) is 0 Å². The number of rotatable bonds is 5. The molecule has 0 aliphatic carbocycles. The topological polar surface area (TPSA) is 89.4 Å². The Balaban J connectivity index is 1.69. The predicted octanol–water partition coefficient (Wildman–Crippen LogP) is 2.82. The van der Waals surface area contributed by atoms with Crippen molar-refractivity contribution < 1.29 is 18.7 Å². The van der Waals surface area contributed by atoms with Crippen LogP contribution in [0.5, 0.6) is 11.5 Å². The minimum atomic E-state index is -1.47. The highest BCUT2D eigenvalue weighted by molar-refractivity contribution is 6.07. The number of ether oxygens (including phenoxy) is 1. The van der Waals surface area contributed by atoms with Crippen molar-refractivity contribution in [1.82, 2.24) is 15.2 Å². The van der Waals surface area contributed by atoms with Crippen LogP contribution >= 0.6 is 0 Å². The summed E-state index contributed by atoms with van der Waals surface area (Å²) >= 11 is 0. The fraction of sp³-hybridized carbons (Fsp3) is 0.136. The summed E-state index contributed by atoms with van der Waals surface area (Å²) in [6.07, 6.45) is 1.56. The summed E-state index contributed by atoms with van der Waals surface area (Å²) in [7, 11) is 0. The van der Waals surface area contributed by atoms with Gasteiger partial charge in [0.15, 0.2) is 17.1 Å². The van der Waals surface area contributed by atoms with Gasteiger partial charge in [0.05, 0.1) is 6.54 Å². The number of imide groups is 1.